The van der Waals surface area contributed by atoms with Crippen LogP contribution in [0, 0.1) is 10.6 Å². The molecule has 0 saturated carbocycles. The summed E-state index contributed by atoms with van der Waals surface area (Å²) in [7, 11) is -3.66. The van der Waals surface area contributed by atoms with E-state index in [0.29, 0.717) is 55.7 Å². The Balaban J connectivity index is 1.53. The van der Waals surface area contributed by atoms with Crippen LogP contribution >= 0.6 is 12.2 Å². The Morgan fingerprint density at radius 3 is 2.42 bits per heavy atom. The summed E-state index contributed by atoms with van der Waals surface area (Å²) < 4.78 is 51.1. The van der Waals surface area contributed by atoms with E-state index in [1.54, 1.807) is 30.3 Å². The minimum atomic E-state index is -3.66. The first-order valence-corrected chi connectivity index (χ1v) is 14.1. The molecule has 1 aromatic heterocycles. The van der Waals surface area contributed by atoms with E-state index in [-0.39, 0.29) is 10.7 Å². The molecule has 0 aliphatic carbocycles. The van der Waals surface area contributed by atoms with Crippen molar-refractivity contribution in [3.63, 3.8) is 0 Å². The lowest BCUT2D eigenvalue weighted by Gasteiger charge is -2.26. The minimum Gasteiger partial charge on any atom is -0.379 e. The van der Waals surface area contributed by atoms with Crippen LogP contribution in [0.1, 0.15) is 24.8 Å². The summed E-state index contributed by atoms with van der Waals surface area (Å²) in [6.07, 6.45) is 3.53. The Morgan fingerprint density at radius 2 is 1.69 bits per heavy atom. The third kappa shape index (κ3) is 5.45. The number of hydrogen-bond donors (Lipinski definition) is 0. The van der Waals surface area contributed by atoms with E-state index in [0.717, 1.165) is 31.5 Å². The van der Waals surface area contributed by atoms with E-state index < -0.39 is 10.0 Å². The molecule has 8 nitrogen and oxygen atoms in total. The van der Waals surface area contributed by atoms with Crippen LogP contribution in [0.25, 0.3) is 11.4 Å². The maximum atomic E-state index is 13.5. The number of likely N-dealkylation sites (tertiary alicyclic amines) is 1. The summed E-state index contributed by atoms with van der Waals surface area (Å²) in [5.74, 6) is 0.282. The van der Waals surface area contributed by atoms with Gasteiger partial charge in [0.2, 0.25) is 10.0 Å². The van der Waals surface area contributed by atoms with Crippen LogP contribution in [0.4, 0.5) is 4.39 Å². The van der Waals surface area contributed by atoms with E-state index >= 15 is 0 Å². The molecule has 2 aliphatic heterocycles. The van der Waals surface area contributed by atoms with Crippen molar-refractivity contribution < 1.29 is 17.5 Å². The van der Waals surface area contributed by atoms with Crippen LogP contribution in [0.5, 0.6) is 0 Å². The topological polar surface area (TPSA) is 72.6 Å². The van der Waals surface area contributed by atoms with Crippen molar-refractivity contribution in [2.24, 2.45) is 0 Å². The number of piperidine rings is 1. The first-order valence-electron chi connectivity index (χ1n) is 12.2. The van der Waals surface area contributed by atoms with Gasteiger partial charge in [-0.3, -0.25) is 9.47 Å². The van der Waals surface area contributed by atoms with Gasteiger partial charge in [0, 0.05) is 18.7 Å². The van der Waals surface area contributed by atoms with Gasteiger partial charge in [0.1, 0.15) is 5.82 Å². The SMILES string of the molecule is O=S(=O)(c1cccc(-c2nn(CN3CCCCC3)c(=S)n2Cc2ccc(F)cc2)c1)N1CCOCC1. The number of aromatic nitrogens is 3. The Bertz CT molecular complexity index is 1360. The summed E-state index contributed by atoms with van der Waals surface area (Å²) in [5.41, 5.74) is 1.54. The van der Waals surface area contributed by atoms with Crippen LogP contribution in [0.3, 0.4) is 0 Å². The lowest BCUT2D eigenvalue weighted by Crippen LogP contribution is -2.40. The second kappa shape index (κ2) is 10.9. The predicted octanol–water partition coefficient (Wildman–Crippen LogP) is 3.73. The van der Waals surface area contributed by atoms with Gasteiger partial charge < -0.3 is 4.74 Å². The number of hydrogen-bond acceptors (Lipinski definition) is 6. The largest absolute Gasteiger partial charge is 0.379 e. The van der Waals surface area contributed by atoms with Crippen molar-refractivity contribution in [3.05, 3.63) is 64.7 Å². The molecule has 0 spiro atoms. The molecule has 5 rings (SSSR count). The number of nitrogens with zero attached hydrogens (tertiary/aromatic N) is 5. The molecule has 2 aromatic carbocycles. The molecule has 36 heavy (non-hydrogen) atoms. The smallest absolute Gasteiger partial charge is 0.243 e. The molecule has 3 aromatic rings. The van der Waals surface area contributed by atoms with Crippen molar-refractivity contribution in [2.45, 2.75) is 37.4 Å². The van der Waals surface area contributed by atoms with Gasteiger partial charge in [-0.05, 0) is 68.0 Å². The number of benzene rings is 2. The van der Waals surface area contributed by atoms with Crippen molar-refractivity contribution in [3.8, 4) is 11.4 Å². The lowest BCUT2D eigenvalue weighted by atomic mass is 10.1. The fourth-order valence-corrected chi connectivity index (χ4v) is 6.39. The maximum Gasteiger partial charge on any atom is 0.243 e. The van der Waals surface area contributed by atoms with Crippen LogP contribution in [-0.2, 0) is 28.0 Å². The van der Waals surface area contributed by atoms with E-state index in [9.17, 15) is 12.8 Å². The fourth-order valence-electron chi connectivity index (χ4n) is 4.68. The third-order valence-electron chi connectivity index (χ3n) is 6.66. The highest BCUT2D eigenvalue weighted by Crippen LogP contribution is 2.26. The monoisotopic (exact) mass is 531 g/mol. The highest BCUT2D eigenvalue weighted by atomic mass is 32.2. The third-order valence-corrected chi connectivity index (χ3v) is 8.99. The number of morpholine rings is 1. The molecule has 192 valence electrons. The molecular formula is C25H30FN5O3S2. The van der Waals surface area contributed by atoms with Gasteiger partial charge in [0.15, 0.2) is 10.6 Å². The minimum absolute atomic E-state index is 0.215. The van der Waals surface area contributed by atoms with Gasteiger partial charge in [0.25, 0.3) is 0 Å². The van der Waals surface area contributed by atoms with Crippen LogP contribution in [0.2, 0.25) is 0 Å². The van der Waals surface area contributed by atoms with Gasteiger partial charge in [-0.1, -0.05) is 30.7 Å². The van der Waals surface area contributed by atoms with Crippen molar-refractivity contribution in [1.29, 1.82) is 0 Å². The van der Waals surface area contributed by atoms with E-state index in [1.165, 1.54) is 22.9 Å². The quantitative estimate of drug-likeness (QED) is 0.433. The highest BCUT2D eigenvalue weighted by molar-refractivity contribution is 7.89. The van der Waals surface area contributed by atoms with E-state index in [1.807, 2.05) is 15.3 Å². The van der Waals surface area contributed by atoms with Gasteiger partial charge in [-0.15, -0.1) is 0 Å². The van der Waals surface area contributed by atoms with Crippen molar-refractivity contribution in [2.75, 3.05) is 39.4 Å². The van der Waals surface area contributed by atoms with Gasteiger partial charge >= 0.3 is 0 Å². The molecule has 0 bridgehead atoms. The standard InChI is InChI=1S/C25H30FN5O3S2/c26-22-9-7-20(8-10-22)18-30-24(27-31(25(30)35)19-28-11-2-1-3-12-28)21-5-4-6-23(17-21)36(32,33)29-13-15-34-16-14-29/h4-10,17H,1-3,11-16,18-19H2. The number of rotatable bonds is 7. The first-order chi connectivity index (χ1) is 17.4. The average Bonchev–Trinajstić information content (AvgIpc) is 3.21. The number of sulfonamides is 1. The highest BCUT2D eigenvalue weighted by Gasteiger charge is 2.27. The molecule has 0 radical (unpaired) electrons. The number of ether oxygens (including phenoxy) is 1. The zero-order valence-corrected chi connectivity index (χ0v) is 21.7. The van der Waals surface area contributed by atoms with Crippen LogP contribution in [-0.4, -0.2) is 71.4 Å². The van der Waals surface area contributed by atoms with Gasteiger partial charge in [0.05, 0.1) is 31.3 Å². The van der Waals surface area contributed by atoms with Crippen molar-refractivity contribution >= 4 is 22.2 Å². The normalized spacial score (nSPS) is 17.9. The molecule has 2 fully saturated rings. The summed E-state index contributed by atoms with van der Waals surface area (Å²) in [5, 5.41) is 4.85. The second-order valence-corrected chi connectivity index (χ2v) is 11.5. The Hall–Kier alpha value is -2.44. The molecule has 3 heterocycles. The predicted molar refractivity (Wildman–Crippen MR) is 137 cm³/mol. The molecule has 0 atom stereocenters. The molecule has 2 aliphatic rings. The molecule has 2 saturated heterocycles. The van der Waals surface area contributed by atoms with Crippen LogP contribution in [0.15, 0.2) is 53.4 Å². The molecule has 0 amide bonds. The number of halogens is 1. The second-order valence-electron chi connectivity index (χ2n) is 9.18. The summed E-state index contributed by atoms with van der Waals surface area (Å²) in [6.45, 7) is 4.40. The molecule has 11 heteroatoms. The summed E-state index contributed by atoms with van der Waals surface area (Å²) in [4.78, 5) is 2.55. The Labute approximate surface area is 216 Å². The maximum absolute atomic E-state index is 13.5. The van der Waals surface area contributed by atoms with E-state index in [2.05, 4.69) is 4.90 Å². The molecule has 0 N–H and O–H groups in total. The molecule has 0 unspecified atom stereocenters. The Morgan fingerprint density at radius 1 is 0.972 bits per heavy atom. The molecular weight excluding hydrogens is 501 g/mol. The van der Waals surface area contributed by atoms with Gasteiger partial charge in [-0.25, -0.2) is 17.5 Å². The lowest BCUT2D eigenvalue weighted by molar-refractivity contribution is 0.0730. The fraction of sp³-hybridized carbons (Fsp3) is 0.440. The summed E-state index contributed by atoms with van der Waals surface area (Å²) in [6, 6.07) is 13.1. The first kappa shape index (κ1) is 25.2. The zero-order valence-electron chi connectivity index (χ0n) is 20.1. The van der Waals surface area contributed by atoms with E-state index in [4.69, 9.17) is 22.1 Å². The Kier molecular flexibility index (Phi) is 7.63. The summed E-state index contributed by atoms with van der Waals surface area (Å²) >= 11 is 5.84. The average molecular weight is 532 g/mol. The zero-order chi connectivity index (χ0) is 25.1. The van der Waals surface area contributed by atoms with Crippen molar-refractivity contribution in [1.82, 2.24) is 23.6 Å². The van der Waals surface area contributed by atoms with Crippen LogP contribution < -0.4 is 0 Å². The van der Waals surface area contributed by atoms with Gasteiger partial charge in [-0.2, -0.15) is 9.40 Å².